The standard InChI is InChI=1S/C25H26FN3O2/c1-16-10-20-14-29(15-21-4-3-9-31-21)25(30)22(20)12-19(16)11-17-5-6-18(13-23(17)26)24-7-8-28(2)27-24/h5-8,10,12-13,21H,3-4,9,11,14-15H2,1-2H3. The van der Waals surface area contributed by atoms with Crippen molar-refractivity contribution in [1.29, 1.82) is 0 Å². The van der Waals surface area contributed by atoms with Crippen LogP contribution in [0.15, 0.2) is 42.6 Å². The number of halogens is 1. The minimum atomic E-state index is -0.255. The lowest BCUT2D eigenvalue weighted by Gasteiger charge is -2.19. The van der Waals surface area contributed by atoms with Crippen molar-refractivity contribution >= 4 is 5.91 Å². The van der Waals surface area contributed by atoms with E-state index in [9.17, 15) is 9.18 Å². The van der Waals surface area contributed by atoms with Gasteiger partial charge in [-0.3, -0.25) is 9.48 Å². The van der Waals surface area contributed by atoms with Crippen LogP contribution in [-0.2, 0) is 24.8 Å². The molecule has 0 radical (unpaired) electrons. The Morgan fingerprint density at radius 2 is 2.06 bits per heavy atom. The van der Waals surface area contributed by atoms with E-state index in [1.54, 1.807) is 4.68 Å². The molecule has 0 bridgehead atoms. The van der Waals surface area contributed by atoms with Crippen LogP contribution >= 0.6 is 0 Å². The molecule has 5 nitrogen and oxygen atoms in total. The van der Waals surface area contributed by atoms with E-state index < -0.39 is 0 Å². The number of hydrogen-bond acceptors (Lipinski definition) is 3. The van der Waals surface area contributed by atoms with Gasteiger partial charge in [-0.25, -0.2) is 4.39 Å². The first-order valence-corrected chi connectivity index (χ1v) is 10.8. The lowest BCUT2D eigenvalue weighted by atomic mass is 9.95. The molecule has 0 aliphatic carbocycles. The van der Waals surface area contributed by atoms with Crippen LogP contribution < -0.4 is 0 Å². The average molecular weight is 420 g/mol. The van der Waals surface area contributed by atoms with Crippen LogP contribution in [-0.4, -0.2) is 39.8 Å². The topological polar surface area (TPSA) is 47.4 Å². The molecule has 2 aliphatic heterocycles. The lowest BCUT2D eigenvalue weighted by Crippen LogP contribution is -2.32. The quantitative estimate of drug-likeness (QED) is 0.621. The third-order valence-corrected chi connectivity index (χ3v) is 6.33. The number of aromatic nitrogens is 2. The maximum atomic E-state index is 14.9. The number of aryl methyl sites for hydroxylation is 2. The molecular formula is C25H26FN3O2. The highest BCUT2D eigenvalue weighted by Crippen LogP contribution is 2.29. The molecule has 1 aromatic heterocycles. The van der Waals surface area contributed by atoms with Crippen molar-refractivity contribution in [2.45, 2.75) is 38.8 Å². The van der Waals surface area contributed by atoms with Crippen molar-refractivity contribution < 1.29 is 13.9 Å². The normalized spacial score (nSPS) is 18.1. The molecule has 0 saturated carbocycles. The molecule has 0 spiro atoms. The molecule has 1 saturated heterocycles. The van der Waals surface area contributed by atoms with Crippen LogP contribution in [0.25, 0.3) is 11.3 Å². The molecule has 2 aliphatic rings. The third-order valence-electron chi connectivity index (χ3n) is 6.33. The van der Waals surface area contributed by atoms with E-state index in [1.807, 2.05) is 49.3 Å². The van der Waals surface area contributed by atoms with E-state index in [1.165, 1.54) is 6.07 Å². The fourth-order valence-corrected chi connectivity index (χ4v) is 4.59. The van der Waals surface area contributed by atoms with Gasteiger partial charge in [0.2, 0.25) is 0 Å². The zero-order valence-electron chi connectivity index (χ0n) is 17.9. The molecule has 1 unspecified atom stereocenters. The molecule has 5 rings (SSSR count). The molecule has 31 heavy (non-hydrogen) atoms. The van der Waals surface area contributed by atoms with Crippen LogP contribution in [0.5, 0.6) is 0 Å². The van der Waals surface area contributed by atoms with Crippen molar-refractivity contribution in [2.24, 2.45) is 7.05 Å². The maximum Gasteiger partial charge on any atom is 0.254 e. The largest absolute Gasteiger partial charge is 0.376 e. The summed E-state index contributed by atoms with van der Waals surface area (Å²) in [5.41, 5.74) is 5.98. The summed E-state index contributed by atoms with van der Waals surface area (Å²) < 4.78 is 22.3. The predicted molar refractivity (Wildman–Crippen MR) is 116 cm³/mol. The second-order valence-corrected chi connectivity index (χ2v) is 8.61. The van der Waals surface area contributed by atoms with Gasteiger partial charge in [0, 0.05) is 50.5 Å². The summed E-state index contributed by atoms with van der Waals surface area (Å²) in [4.78, 5) is 14.8. The summed E-state index contributed by atoms with van der Waals surface area (Å²) in [5.74, 6) is -0.202. The number of carbonyl (C=O) groups excluding carboxylic acids is 1. The molecule has 3 heterocycles. The molecule has 1 atom stereocenters. The molecule has 3 aromatic rings. The molecule has 1 amide bonds. The molecule has 6 heteroatoms. The van der Waals surface area contributed by atoms with Gasteiger partial charge in [-0.1, -0.05) is 18.2 Å². The Labute approximate surface area is 181 Å². The van der Waals surface area contributed by atoms with Crippen molar-refractivity contribution in [3.05, 3.63) is 76.2 Å². The van der Waals surface area contributed by atoms with Crippen LogP contribution in [0.4, 0.5) is 4.39 Å². The Balaban J connectivity index is 1.36. The second-order valence-electron chi connectivity index (χ2n) is 8.61. The highest BCUT2D eigenvalue weighted by molar-refractivity contribution is 5.98. The summed E-state index contributed by atoms with van der Waals surface area (Å²) in [6, 6.07) is 11.2. The molecular weight excluding hydrogens is 393 g/mol. The van der Waals surface area contributed by atoms with Gasteiger partial charge in [0.25, 0.3) is 5.91 Å². The van der Waals surface area contributed by atoms with E-state index >= 15 is 0 Å². The molecule has 2 aromatic carbocycles. The monoisotopic (exact) mass is 419 g/mol. The first-order valence-electron chi connectivity index (χ1n) is 10.8. The molecule has 0 N–H and O–H groups in total. The Morgan fingerprint density at radius 3 is 2.77 bits per heavy atom. The SMILES string of the molecule is Cc1cc2c(cc1Cc1ccc(-c3ccn(C)n3)cc1F)C(=O)N(CC1CCCO1)C2. The van der Waals surface area contributed by atoms with E-state index in [0.29, 0.717) is 25.1 Å². The van der Waals surface area contributed by atoms with Gasteiger partial charge in [-0.15, -0.1) is 0 Å². The summed E-state index contributed by atoms with van der Waals surface area (Å²) >= 11 is 0. The lowest BCUT2D eigenvalue weighted by molar-refractivity contribution is 0.0545. The number of nitrogens with zero attached hydrogens (tertiary/aromatic N) is 3. The van der Waals surface area contributed by atoms with Gasteiger partial charge in [-0.05, 0) is 60.2 Å². The van der Waals surface area contributed by atoms with Gasteiger partial charge in [0.05, 0.1) is 11.8 Å². The predicted octanol–water partition coefficient (Wildman–Crippen LogP) is 4.26. The zero-order valence-corrected chi connectivity index (χ0v) is 17.9. The Morgan fingerprint density at radius 1 is 1.19 bits per heavy atom. The third kappa shape index (κ3) is 3.88. The van der Waals surface area contributed by atoms with E-state index in [4.69, 9.17) is 4.74 Å². The second kappa shape index (κ2) is 7.93. The Hall–Kier alpha value is -2.99. The highest BCUT2D eigenvalue weighted by atomic mass is 19.1. The van der Waals surface area contributed by atoms with E-state index in [-0.39, 0.29) is 17.8 Å². The number of hydrogen-bond donors (Lipinski definition) is 0. The van der Waals surface area contributed by atoms with Crippen LogP contribution in [0.3, 0.4) is 0 Å². The minimum absolute atomic E-state index is 0.0534. The molecule has 1 fully saturated rings. The van der Waals surface area contributed by atoms with Crippen LogP contribution in [0, 0.1) is 12.7 Å². The number of fused-ring (bicyclic) bond motifs is 1. The number of benzene rings is 2. The average Bonchev–Trinajstić information content (AvgIpc) is 3.47. The van der Waals surface area contributed by atoms with Crippen molar-refractivity contribution in [3.63, 3.8) is 0 Å². The van der Waals surface area contributed by atoms with Gasteiger partial charge in [0.1, 0.15) is 5.82 Å². The summed E-state index contributed by atoms with van der Waals surface area (Å²) in [5, 5.41) is 4.34. The summed E-state index contributed by atoms with van der Waals surface area (Å²) in [7, 11) is 1.84. The van der Waals surface area contributed by atoms with Gasteiger partial charge < -0.3 is 9.64 Å². The number of amides is 1. The zero-order chi connectivity index (χ0) is 21.5. The van der Waals surface area contributed by atoms with Crippen LogP contribution in [0.1, 0.15) is 45.5 Å². The summed E-state index contributed by atoms with van der Waals surface area (Å²) in [6.45, 7) is 4.09. The van der Waals surface area contributed by atoms with Crippen molar-refractivity contribution in [1.82, 2.24) is 14.7 Å². The fraction of sp³-hybridized carbons (Fsp3) is 0.360. The van der Waals surface area contributed by atoms with Crippen molar-refractivity contribution in [2.75, 3.05) is 13.2 Å². The summed E-state index contributed by atoms with van der Waals surface area (Å²) in [6.07, 6.45) is 4.51. The van der Waals surface area contributed by atoms with Gasteiger partial charge in [0.15, 0.2) is 0 Å². The smallest absolute Gasteiger partial charge is 0.254 e. The fourth-order valence-electron chi connectivity index (χ4n) is 4.59. The molecule has 160 valence electrons. The number of carbonyl (C=O) groups is 1. The Kier molecular flexibility index (Phi) is 5.10. The van der Waals surface area contributed by atoms with Crippen LogP contribution in [0.2, 0.25) is 0 Å². The highest BCUT2D eigenvalue weighted by Gasteiger charge is 2.31. The Bertz CT molecular complexity index is 1150. The number of ether oxygens (including phenoxy) is 1. The first-order chi connectivity index (χ1) is 15.0. The maximum absolute atomic E-state index is 14.9. The van der Waals surface area contributed by atoms with Crippen molar-refractivity contribution in [3.8, 4) is 11.3 Å². The van der Waals surface area contributed by atoms with E-state index in [0.717, 1.165) is 53.0 Å². The first kappa shape index (κ1) is 19.9. The van der Waals surface area contributed by atoms with Gasteiger partial charge >= 0.3 is 0 Å². The van der Waals surface area contributed by atoms with E-state index in [2.05, 4.69) is 11.2 Å². The number of rotatable bonds is 5. The minimum Gasteiger partial charge on any atom is -0.376 e. The van der Waals surface area contributed by atoms with Gasteiger partial charge in [-0.2, -0.15) is 5.10 Å².